The molecule has 0 radical (unpaired) electrons. The number of piperidine rings is 1. The van der Waals surface area contributed by atoms with E-state index in [1.165, 1.54) is 92.1 Å². The molecule has 0 spiro atoms. The molecule has 0 saturated carbocycles. The number of rotatable bonds is 11. The summed E-state index contributed by atoms with van der Waals surface area (Å²) < 4.78 is 44.3. The lowest BCUT2D eigenvalue weighted by Crippen LogP contribution is -2.53. The molecule has 2 bridgehead atoms. The van der Waals surface area contributed by atoms with Crippen molar-refractivity contribution in [1.82, 2.24) is 24.9 Å². The normalized spacial score (nSPS) is 21.1. The summed E-state index contributed by atoms with van der Waals surface area (Å²) >= 11 is 0. The van der Waals surface area contributed by atoms with Crippen molar-refractivity contribution in [3.63, 3.8) is 0 Å². The number of nitrogens with one attached hydrogen (secondary N) is 1. The van der Waals surface area contributed by atoms with Gasteiger partial charge >= 0.3 is 11.9 Å². The summed E-state index contributed by atoms with van der Waals surface area (Å²) in [6.45, 7) is 1.44. The number of likely N-dealkylation sites (N-methyl/N-ethyl adjacent to an activating group) is 3. The van der Waals surface area contributed by atoms with Crippen LogP contribution in [0.5, 0.6) is 23.0 Å². The van der Waals surface area contributed by atoms with Gasteiger partial charge < -0.3 is 53.7 Å². The SMILES string of the molecule is COc1cc(F)c(CC[C@H]2OC(=O)[C@@H]3CCCCN3C(=O)C(=O)C(C)(C)COC(=O)C=CCCN(C)C(=O)[C@@H](Cc3ccccc3)NC(=O)CN(C)C(=O)[C@@H](Cc3ccccc3)CC(=O)[C@H](Cc3ccc(O)cc3)N(C)C(=O)COc3cccc2c3)cc1OC. The van der Waals surface area contributed by atoms with Gasteiger partial charge in [0.25, 0.3) is 11.8 Å². The Labute approximate surface area is 524 Å². The number of aromatic hydroxyl groups is 1. The van der Waals surface area contributed by atoms with Crippen molar-refractivity contribution >= 4 is 53.0 Å². The number of carbonyl (C=O) groups excluding carboxylic acids is 9. The first-order valence-electron chi connectivity index (χ1n) is 30.0. The lowest BCUT2D eigenvalue weighted by atomic mass is 9.87. The Balaban J connectivity index is 1.22. The van der Waals surface area contributed by atoms with Crippen LogP contribution in [0.25, 0.3) is 0 Å². The number of cyclic esters (lactones) is 2. The van der Waals surface area contributed by atoms with E-state index in [0.29, 0.717) is 24.0 Å². The van der Waals surface area contributed by atoms with Gasteiger partial charge in [0.05, 0.1) is 32.2 Å². The summed E-state index contributed by atoms with van der Waals surface area (Å²) in [6.07, 6.45) is 2.56. The van der Waals surface area contributed by atoms with Gasteiger partial charge in [-0.2, -0.15) is 0 Å². The Morgan fingerprint density at radius 1 is 0.711 bits per heavy atom. The number of aryl methyl sites for hydroxylation is 1. The van der Waals surface area contributed by atoms with Crippen LogP contribution in [0.2, 0.25) is 0 Å². The van der Waals surface area contributed by atoms with Gasteiger partial charge in [-0.15, -0.1) is 0 Å². The summed E-state index contributed by atoms with van der Waals surface area (Å²) in [4.78, 5) is 133. The predicted molar refractivity (Wildman–Crippen MR) is 330 cm³/mol. The second-order valence-electron chi connectivity index (χ2n) is 23.4. The Kier molecular flexibility index (Phi) is 24.4. The summed E-state index contributed by atoms with van der Waals surface area (Å²) in [5.74, 6) is -7.46. The average molecular weight is 1240 g/mol. The molecule has 2 N–H and O–H groups in total. The molecule has 90 heavy (non-hydrogen) atoms. The smallest absolute Gasteiger partial charge is 0.330 e. The zero-order valence-electron chi connectivity index (χ0n) is 52.0. The van der Waals surface area contributed by atoms with E-state index in [0.717, 1.165) is 17.2 Å². The molecule has 2 heterocycles. The average Bonchev–Trinajstić information content (AvgIpc) is 1.30. The molecular weight excluding hydrogens is 1160 g/mol. The van der Waals surface area contributed by atoms with Crippen molar-refractivity contribution < 1.29 is 76.3 Å². The van der Waals surface area contributed by atoms with E-state index in [4.69, 9.17) is 23.7 Å². The monoisotopic (exact) mass is 1240 g/mol. The molecular formula is C69H80FN5O15. The molecule has 0 aliphatic carbocycles. The molecule has 1 saturated heterocycles. The van der Waals surface area contributed by atoms with Crippen LogP contribution in [-0.4, -0.2) is 164 Å². The minimum atomic E-state index is -1.55. The van der Waals surface area contributed by atoms with E-state index in [-0.39, 0.29) is 93.0 Å². The number of phenolic OH excluding ortho intramolecular Hbond substituents is 1. The van der Waals surface area contributed by atoms with Gasteiger partial charge in [-0.25, -0.2) is 14.0 Å². The van der Waals surface area contributed by atoms with Crippen molar-refractivity contribution in [3.8, 4) is 23.0 Å². The quantitative estimate of drug-likeness (QED) is 0.0985. The van der Waals surface area contributed by atoms with Crippen LogP contribution in [-0.2, 0) is 78.3 Å². The van der Waals surface area contributed by atoms with Crippen LogP contribution in [0.1, 0.15) is 86.3 Å². The fourth-order valence-electron chi connectivity index (χ4n) is 10.9. The highest BCUT2D eigenvalue weighted by Crippen LogP contribution is 2.34. The summed E-state index contributed by atoms with van der Waals surface area (Å²) in [6, 6.07) is 29.7. The molecule has 5 aromatic carbocycles. The zero-order valence-corrected chi connectivity index (χ0v) is 52.0. The summed E-state index contributed by atoms with van der Waals surface area (Å²) in [7, 11) is 7.20. The summed E-state index contributed by atoms with van der Waals surface area (Å²) in [5.41, 5.74) is 1.08. The maximum atomic E-state index is 15.7. The molecule has 5 aromatic rings. The number of ketones is 2. The maximum absolute atomic E-state index is 15.7. The number of carbonyl (C=O) groups is 9. The second-order valence-corrected chi connectivity index (χ2v) is 23.4. The number of Topliss-reactive ketones (excluding diaryl/α,β-unsaturated/α-hetero) is 2. The largest absolute Gasteiger partial charge is 0.508 e. The minimum absolute atomic E-state index is 0.00139. The fourth-order valence-corrected chi connectivity index (χ4v) is 10.9. The molecule has 5 amide bonds. The Hall–Kier alpha value is -9.40. The topological polar surface area (TPSA) is 245 Å². The lowest BCUT2D eigenvalue weighted by Gasteiger charge is -2.36. The van der Waals surface area contributed by atoms with E-state index in [2.05, 4.69) is 5.32 Å². The first-order valence-corrected chi connectivity index (χ1v) is 30.0. The number of esters is 2. The zero-order chi connectivity index (χ0) is 65.1. The number of nitrogens with zero attached hydrogens (tertiary/aromatic N) is 4. The maximum Gasteiger partial charge on any atom is 0.330 e. The van der Waals surface area contributed by atoms with Crippen molar-refractivity contribution in [2.75, 3.05) is 68.2 Å². The van der Waals surface area contributed by atoms with Gasteiger partial charge in [0.15, 0.2) is 23.9 Å². The molecule has 0 aromatic heterocycles. The number of hydrogen-bond acceptors (Lipinski definition) is 15. The highest BCUT2D eigenvalue weighted by Gasteiger charge is 2.43. The first kappa shape index (κ1) is 68.1. The number of hydrogen-bond donors (Lipinski definition) is 2. The van der Waals surface area contributed by atoms with Gasteiger partial charge in [0.2, 0.25) is 23.5 Å². The van der Waals surface area contributed by atoms with Crippen molar-refractivity contribution in [2.45, 2.75) is 102 Å². The van der Waals surface area contributed by atoms with Gasteiger partial charge in [0.1, 0.15) is 42.1 Å². The third kappa shape index (κ3) is 18.8. The number of ether oxygens (including phenoxy) is 5. The third-order valence-electron chi connectivity index (χ3n) is 16.2. The Morgan fingerprint density at radius 2 is 1.37 bits per heavy atom. The molecule has 478 valence electrons. The number of amides is 5. The number of phenols is 1. The Morgan fingerprint density at radius 3 is 2.04 bits per heavy atom. The van der Waals surface area contributed by atoms with Crippen LogP contribution in [0.15, 0.2) is 133 Å². The Bertz CT molecular complexity index is 3380. The second kappa shape index (κ2) is 32.2. The van der Waals surface area contributed by atoms with Gasteiger partial charge in [-0.05, 0) is 123 Å². The van der Waals surface area contributed by atoms with Crippen LogP contribution < -0.4 is 19.5 Å². The number of benzene rings is 5. The standard InChI is InChI=1S/C69H80FN5O15/c1-69(2)44-89-63(80)26-15-16-33-72(3)66(83)54(36-46-21-12-9-13-22-46)71-61(78)42-73(4)65(82)50(35-45-19-10-8-11-20-45)39-57(77)56(37-47-27-30-51(76)31-28-47)74(5)62(79)43-88-52-24-18-23-49(38-52)58(32-29-48-40-59(86-6)60(87-7)41-53(48)70)90-68(85)55-25-14-17-34-75(55)67(84)64(69)81/h8-13,15,18-24,26-28,30-31,38,40-41,50,54-56,58,76H,14,16-17,25,29,32-37,39,42-44H2,1-7H3,(H,71,78)/t50-,54+,55-,56-,58+/m0/s1. The molecule has 21 heteroatoms. The first-order chi connectivity index (χ1) is 43.0. The van der Waals surface area contributed by atoms with Crippen LogP contribution in [0.4, 0.5) is 4.39 Å². The highest BCUT2D eigenvalue weighted by molar-refractivity contribution is 6.38. The molecule has 5 atom stereocenters. The number of halogens is 1. The van der Waals surface area contributed by atoms with E-state index in [1.54, 1.807) is 67.7 Å². The van der Waals surface area contributed by atoms with E-state index >= 15 is 4.39 Å². The molecule has 2 aliphatic rings. The van der Waals surface area contributed by atoms with Crippen molar-refractivity contribution in [1.29, 1.82) is 0 Å². The van der Waals surface area contributed by atoms with Gasteiger partial charge in [-0.3, -0.25) is 33.6 Å². The summed E-state index contributed by atoms with van der Waals surface area (Å²) in [5, 5.41) is 13.0. The minimum Gasteiger partial charge on any atom is -0.508 e. The van der Waals surface area contributed by atoms with Crippen LogP contribution in [0, 0.1) is 17.2 Å². The van der Waals surface area contributed by atoms with Gasteiger partial charge in [-0.1, -0.05) is 91.0 Å². The highest BCUT2D eigenvalue weighted by atomic mass is 19.1. The van der Waals surface area contributed by atoms with Gasteiger partial charge in [0, 0.05) is 65.1 Å². The molecule has 0 unspecified atom stereocenters. The molecule has 7 rings (SSSR count). The van der Waals surface area contributed by atoms with Crippen molar-refractivity contribution in [2.24, 2.45) is 11.3 Å². The number of methoxy groups -OCH3 is 2. The lowest BCUT2D eigenvalue weighted by molar-refractivity contribution is -0.165. The van der Waals surface area contributed by atoms with E-state index in [1.807, 2.05) is 36.4 Å². The van der Waals surface area contributed by atoms with Crippen LogP contribution in [0.3, 0.4) is 0 Å². The van der Waals surface area contributed by atoms with E-state index in [9.17, 15) is 48.3 Å². The predicted octanol–water partition coefficient (Wildman–Crippen LogP) is 7.16. The van der Waals surface area contributed by atoms with Crippen molar-refractivity contribution in [3.05, 3.63) is 167 Å². The number of fused-ring (bicyclic) bond motifs is 3. The molecule has 2 aliphatic heterocycles. The molecule has 20 nitrogen and oxygen atoms in total. The van der Waals surface area contributed by atoms with Crippen LogP contribution >= 0.6 is 0 Å². The third-order valence-corrected chi connectivity index (χ3v) is 16.2. The molecule has 1 fully saturated rings. The fraction of sp³-hybridized carbons (Fsp3) is 0.406. The van der Waals surface area contributed by atoms with E-state index < -0.39 is 114 Å².